The van der Waals surface area contributed by atoms with E-state index in [-0.39, 0.29) is 17.9 Å². The summed E-state index contributed by atoms with van der Waals surface area (Å²) in [5, 5.41) is 8.19. The summed E-state index contributed by atoms with van der Waals surface area (Å²) in [6.07, 6.45) is 1.85. The van der Waals surface area contributed by atoms with E-state index in [4.69, 9.17) is 9.47 Å². The Labute approximate surface area is 167 Å². The average molecular weight is 404 g/mol. The molecule has 2 amide bonds. The van der Waals surface area contributed by atoms with Gasteiger partial charge >= 0.3 is 0 Å². The fourth-order valence-electron chi connectivity index (χ4n) is 3.15. The zero-order chi connectivity index (χ0) is 20.1. The molecule has 1 aliphatic rings. The van der Waals surface area contributed by atoms with Crippen molar-refractivity contribution in [3.8, 4) is 11.5 Å². The van der Waals surface area contributed by atoms with E-state index in [9.17, 15) is 9.59 Å². The fourth-order valence-corrected chi connectivity index (χ4v) is 3.88. The molecule has 0 radical (unpaired) electrons. The summed E-state index contributed by atoms with van der Waals surface area (Å²) >= 11 is 1.25. The van der Waals surface area contributed by atoms with E-state index in [2.05, 4.69) is 15.6 Å². The number of aromatic nitrogens is 1. The number of carbonyl (C=O) groups excluding carboxylic acids is 2. The van der Waals surface area contributed by atoms with Crippen LogP contribution in [0.15, 0.2) is 23.6 Å². The number of hydrogen-bond donors (Lipinski definition) is 2. The van der Waals surface area contributed by atoms with Crippen molar-refractivity contribution in [2.45, 2.75) is 25.8 Å². The van der Waals surface area contributed by atoms with Crippen LogP contribution in [0, 0.1) is 0 Å². The van der Waals surface area contributed by atoms with Crippen LogP contribution in [0.3, 0.4) is 0 Å². The first-order valence-corrected chi connectivity index (χ1v) is 9.88. The number of methoxy groups -OCH3 is 2. The molecular formula is C19H24N4O4S. The molecule has 1 atom stereocenters. The lowest BCUT2D eigenvalue weighted by Crippen LogP contribution is -2.45. The van der Waals surface area contributed by atoms with Gasteiger partial charge in [0.05, 0.1) is 14.2 Å². The average Bonchev–Trinajstić information content (AvgIpc) is 3.15. The molecule has 0 aliphatic carbocycles. The van der Waals surface area contributed by atoms with Crippen molar-refractivity contribution in [3.63, 3.8) is 0 Å². The third kappa shape index (κ3) is 4.92. The Morgan fingerprint density at radius 2 is 1.93 bits per heavy atom. The first kappa shape index (κ1) is 19.9. The molecule has 9 heteroatoms. The summed E-state index contributed by atoms with van der Waals surface area (Å²) in [5.41, 5.74) is 1.24. The van der Waals surface area contributed by atoms with E-state index in [1.54, 1.807) is 24.5 Å². The number of nitrogens with zero attached hydrogens (tertiary/aromatic N) is 2. The second-order valence-corrected chi connectivity index (χ2v) is 7.41. The fraction of sp³-hybridized carbons (Fsp3) is 0.421. The smallest absolute Gasteiger partial charge is 0.273 e. The third-order valence-corrected chi connectivity index (χ3v) is 5.19. The number of ether oxygens (including phenoxy) is 2. The predicted octanol–water partition coefficient (Wildman–Crippen LogP) is 2.84. The number of anilines is 2. The summed E-state index contributed by atoms with van der Waals surface area (Å²) < 4.78 is 10.6. The SMILES string of the molecule is COc1cc(N[C@@H]2CCCN(C(=O)c3csc(NC(C)=O)n3)C2)cc(OC)c1. The number of carbonyl (C=O) groups is 2. The number of benzene rings is 1. The van der Waals surface area contributed by atoms with Crippen molar-refractivity contribution in [2.75, 3.05) is 37.9 Å². The molecule has 0 bridgehead atoms. The second kappa shape index (κ2) is 8.92. The molecule has 1 aliphatic heterocycles. The van der Waals surface area contributed by atoms with Crippen LogP contribution in [-0.4, -0.2) is 55.0 Å². The van der Waals surface area contributed by atoms with E-state index in [0.29, 0.717) is 35.4 Å². The highest BCUT2D eigenvalue weighted by Crippen LogP contribution is 2.27. The molecule has 2 N–H and O–H groups in total. The Bertz CT molecular complexity index is 832. The number of rotatable bonds is 6. The van der Waals surface area contributed by atoms with Crippen LogP contribution >= 0.6 is 11.3 Å². The maximum absolute atomic E-state index is 12.8. The molecule has 28 heavy (non-hydrogen) atoms. The predicted molar refractivity (Wildman–Crippen MR) is 109 cm³/mol. The monoisotopic (exact) mass is 404 g/mol. The Morgan fingerprint density at radius 3 is 2.57 bits per heavy atom. The van der Waals surface area contributed by atoms with E-state index >= 15 is 0 Å². The van der Waals surface area contributed by atoms with E-state index in [1.165, 1.54) is 18.3 Å². The van der Waals surface area contributed by atoms with Gasteiger partial charge in [0.25, 0.3) is 5.91 Å². The highest BCUT2D eigenvalue weighted by Gasteiger charge is 2.26. The highest BCUT2D eigenvalue weighted by atomic mass is 32.1. The van der Waals surface area contributed by atoms with Crippen LogP contribution in [0.4, 0.5) is 10.8 Å². The molecule has 0 unspecified atom stereocenters. The van der Waals surface area contributed by atoms with Crippen molar-refractivity contribution < 1.29 is 19.1 Å². The zero-order valence-corrected chi connectivity index (χ0v) is 17.0. The summed E-state index contributed by atoms with van der Waals surface area (Å²) in [5.74, 6) is 1.09. The first-order chi connectivity index (χ1) is 13.5. The Morgan fingerprint density at radius 1 is 1.21 bits per heavy atom. The van der Waals surface area contributed by atoms with Gasteiger partial charge in [0.2, 0.25) is 5.91 Å². The lowest BCUT2D eigenvalue weighted by molar-refractivity contribution is -0.114. The maximum Gasteiger partial charge on any atom is 0.273 e. The molecule has 1 aromatic heterocycles. The van der Waals surface area contributed by atoms with Crippen molar-refractivity contribution in [1.29, 1.82) is 0 Å². The van der Waals surface area contributed by atoms with Crippen molar-refractivity contribution in [1.82, 2.24) is 9.88 Å². The van der Waals surface area contributed by atoms with Gasteiger partial charge < -0.3 is 25.0 Å². The van der Waals surface area contributed by atoms with Crippen molar-refractivity contribution >= 4 is 34.0 Å². The molecule has 8 nitrogen and oxygen atoms in total. The van der Waals surface area contributed by atoms with Gasteiger partial charge in [0.15, 0.2) is 5.13 Å². The van der Waals surface area contributed by atoms with Gasteiger partial charge in [-0.15, -0.1) is 11.3 Å². The Hall–Kier alpha value is -2.81. The topological polar surface area (TPSA) is 92.8 Å². The highest BCUT2D eigenvalue weighted by molar-refractivity contribution is 7.14. The number of amides is 2. The van der Waals surface area contributed by atoms with Crippen molar-refractivity contribution in [3.05, 3.63) is 29.3 Å². The number of thiazole rings is 1. The molecule has 0 spiro atoms. The second-order valence-electron chi connectivity index (χ2n) is 6.56. The molecule has 0 saturated carbocycles. The largest absolute Gasteiger partial charge is 0.497 e. The molecule has 1 fully saturated rings. The van der Waals surface area contributed by atoms with Crippen LogP contribution in [0.5, 0.6) is 11.5 Å². The third-order valence-electron chi connectivity index (χ3n) is 4.44. The van der Waals surface area contributed by atoms with Gasteiger partial charge in [0.1, 0.15) is 17.2 Å². The summed E-state index contributed by atoms with van der Waals surface area (Å²) in [6, 6.07) is 5.74. The van der Waals surface area contributed by atoms with E-state index in [1.807, 2.05) is 18.2 Å². The van der Waals surface area contributed by atoms with Crippen LogP contribution in [0.2, 0.25) is 0 Å². The van der Waals surface area contributed by atoms with Crippen LogP contribution in [0.1, 0.15) is 30.3 Å². The Balaban J connectivity index is 1.66. The minimum absolute atomic E-state index is 0.114. The van der Waals surface area contributed by atoms with Gasteiger partial charge in [0, 0.05) is 55.3 Å². The van der Waals surface area contributed by atoms with Crippen LogP contribution in [0.25, 0.3) is 0 Å². The molecule has 3 rings (SSSR count). The lowest BCUT2D eigenvalue weighted by Gasteiger charge is -2.33. The first-order valence-electron chi connectivity index (χ1n) is 9.00. The number of hydrogen-bond acceptors (Lipinski definition) is 7. The summed E-state index contributed by atoms with van der Waals surface area (Å²) in [4.78, 5) is 29.9. The van der Waals surface area contributed by atoms with E-state index < -0.39 is 0 Å². The maximum atomic E-state index is 12.8. The van der Waals surface area contributed by atoms with Crippen LogP contribution < -0.4 is 20.1 Å². The number of nitrogens with one attached hydrogen (secondary N) is 2. The molecular weight excluding hydrogens is 380 g/mol. The van der Waals surface area contributed by atoms with E-state index in [0.717, 1.165) is 18.5 Å². The Kier molecular flexibility index (Phi) is 6.35. The molecule has 2 aromatic rings. The van der Waals surface area contributed by atoms with Gasteiger partial charge in [-0.2, -0.15) is 0 Å². The van der Waals surface area contributed by atoms with Crippen LogP contribution in [-0.2, 0) is 4.79 Å². The number of likely N-dealkylation sites (tertiary alicyclic amines) is 1. The standard InChI is InChI=1S/C19H24N4O4S/c1-12(24)20-19-22-17(11-28-19)18(25)23-6-4-5-13(10-23)21-14-7-15(26-2)9-16(8-14)27-3/h7-9,11,13,21H,4-6,10H2,1-3H3,(H,20,22,24)/t13-/m1/s1. The minimum atomic E-state index is -0.204. The summed E-state index contributed by atoms with van der Waals surface area (Å²) in [7, 11) is 3.23. The van der Waals surface area contributed by atoms with Crippen molar-refractivity contribution in [2.24, 2.45) is 0 Å². The quantitative estimate of drug-likeness (QED) is 0.769. The van der Waals surface area contributed by atoms with Gasteiger partial charge in [-0.3, -0.25) is 9.59 Å². The normalized spacial score (nSPS) is 16.4. The van der Waals surface area contributed by atoms with Gasteiger partial charge in [-0.25, -0.2) is 4.98 Å². The van der Waals surface area contributed by atoms with Gasteiger partial charge in [-0.1, -0.05) is 0 Å². The molecule has 1 saturated heterocycles. The zero-order valence-electron chi connectivity index (χ0n) is 16.2. The lowest BCUT2D eigenvalue weighted by atomic mass is 10.0. The number of piperidine rings is 1. The molecule has 2 heterocycles. The summed E-state index contributed by atoms with van der Waals surface area (Å²) in [6.45, 7) is 2.67. The van der Waals surface area contributed by atoms with Gasteiger partial charge in [-0.05, 0) is 12.8 Å². The molecule has 1 aromatic carbocycles. The molecule has 150 valence electrons. The minimum Gasteiger partial charge on any atom is -0.497 e.